The van der Waals surface area contributed by atoms with Gasteiger partial charge in [-0.3, -0.25) is 4.79 Å². The Balaban J connectivity index is 1.66. The summed E-state index contributed by atoms with van der Waals surface area (Å²) in [6.07, 6.45) is 3.05. The number of aromatic nitrogens is 2. The number of carbonyl (C=O) groups excluding carboxylic acids is 1. The fraction of sp³-hybridized carbons (Fsp3) is 0.333. The van der Waals surface area contributed by atoms with Gasteiger partial charge in [0.25, 0.3) is 5.91 Å². The van der Waals surface area contributed by atoms with Crippen LogP contribution in [0.1, 0.15) is 22.8 Å². The molecule has 0 unspecified atom stereocenters. The Hall–Kier alpha value is -2.98. The number of carbonyl (C=O) groups is 1. The summed E-state index contributed by atoms with van der Waals surface area (Å²) >= 11 is 0. The van der Waals surface area contributed by atoms with E-state index in [1.165, 1.54) is 12.4 Å². The number of piperazine rings is 1. The third kappa shape index (κ3) is 3.92. The standard InChI is InChI=1S/C18H20N6O/c1-2-23-7-9-24(10-8-23)18-20-12-15(13-21-18)17(25)22-16-6-4-3-5-14(16)11-19/h3-6,12-13H,2,7-10H2,1H3,(H,22,25). The summed E-state index contributed by atoms with van der Waals surface area (Å²) < 4.78 is 0. The monoisotopic (exact) mass is 336 g/mol. The van der Waals surface area contributed by atoms with E-state index in [1.807, 2.05) is 0 Å². The van der Waals surface area contributed by atoms with Gasteiger partial charge in [0, 0.05) is 38.6 Å². The molecule has 1 aromatic carbocycles. The first kappa shape index (κ1) is 16.9. The van der Waals surface area contributed by atoms with Gasteiger partial charge in [-0.05, 0) is 18.7 Å². The molecule has 7 heteroatoms. The second kappa shape index (κ2) is 7.73. The molecule has 1 saturated heterocycles. The van der Waals surface area contributed by atoms with Crippen LogP contribution >= 0.6 is 0 Å². The average molecular weight is 336 g/mol. The first-order valence-corrected chi connectivity index (χ1v) is 8.31. The molecule has 0 saturated carbocycles. The van der Waals surface area contributed by atoms with Gasteiger partial charge in [-0.1, -0.05) is 19.1 Å². The molecule has 2 heterocycles. The number of nitrogens with zero attached hydrogens (tertiary/aromatic N) is 5. The molecular formula is C18H20N6O. The van der Waals surface area contributed by atoms with E-state index in [0.717, 1.165) is 32.7 Å². The van der Waals surface area contributed by atoms with E-state index in [0.29, 0.717) is 22.8 Å². The summed E-state index contributed by atoms with van der Waals surface area (Å²) in [5.41, 5.74) is 1.26. The van der Waals surface area contributed by atoms with E-state index < -0.39 is 0 Å². The molecule has 0 atom stereocenters. The van der Waals surface area contributed by atoms with E-state index in [4.69, 9.17) is 5.26 Å². The van der Waals surface area contributed by atoms with Crippen molar-refractivity contribution in [2.24, 2.45) is 0 Å². The van der Waals surface area contributed by atoms with Crippen molar-refractivity contribution in [3.8, 4) is 6.07 Å². The van der Waals surface area contributed by atoms with Crippen molar-refractivity contribution in [2.45, 2.75) is 6.92 Å². The number of hydrogen-bond acceptors (Lipinski definition) is 6. The Morgan fingerprint density at radius 3 is 2.52 bits per heavy atom. The Kier molecular flexibility index (Phi) is 5.21. The Morgan fingerprint density at radius 1 is 1.20 bits per heavy atom. The minimum atomic E-state index is -0.329. The van der Waals surface area contributed by atoms with Crippen molar-refractivity contribution < 1.29 is 4.79 Å². The Labute approximate surface area is 146 Å². The summed E-state index contributed by atoms with van der Waals surface area (Å²) in [6, 6.07) is 8.93. The lowest BCUT2D eigenvalue weighted by atomic mass is 10.2. The summed E-state index contributed by atoms with van der Waals surface area (Å²) in [7, 11) is 0. The van der Waals surface area contributed by atoms with Crippen LogP contribution < -0.4 is 10.2 Å². The van der Waals surface area contributed by atoms with E-state index in [-0.39, 0.29) is 5.91 Å². The van der Waals surface area contributed by atoms with Gasteiger partial charge < -0.3 is 15.1 Å². The molecule has 3 rings (SSSR count). The maximum atomic E-state index is 12.3. The molecule has 25 heavy (non-hydrogen) atoms. The molecule has 1 fully saturated rings. The van der Waals surface area contributed by atoms with Crippen molar-refractivity contribution in [3.05, 3.63) is 47.8 Å². The van der Waals surface area contributed by atoms with Crippen LogP contribution in [0.4, 0.5) is 11.6 Å². The number of hydrogen-bond donors (Lipinski definition) is 1. The number of para-hydroxylation sites is 1. The first-order valence-electron chi connectivity index (χ1n) is 8.31. The molecule has 0 bridgehead atoms. The molecule has 1 aromatic heterocycles. The van der Waals surface area contributed by atoms with Gasteiger partial charge in [-0.15, -0.1) is 0 Å². The second-order valence-corrected chi connectivity index (χ2v) is 5.80. The number of amides is 1. The maximum Gasteiger partial charge on any atom is 0.258 e. The summed E-state index contributed by atoms with van der Waals surface area (Å²) in [5.74, 6) is 0.315. The lowest BCUT2D eigenvalue weighted by molar-refractivity contribution is 0.102. The molecule has 1 aliphatic heterocycles. The lowest BCUT2D eigenvalue weighted by Crippen LogP contribution is -2.46. The highest BCUT2D eigenvalue weighted by atomic mass is 16.1. The predicted octanol–water partition coefficient (Wildman–Crippen LogP) is 1.74. The third-order valence-electron chi connectivity index (χ3n) is 4.30. The van der Waals surface area contributed by atoms with E-state index >= 15 is 0 Å². The summed E-state index contributed by atoms with van der Waals surface area (Å²) in [6.45, 7) is 6.96. The predicted molar refractivity (Wildman–Crippen MR) is 95.5 cm³/mol. The zero-order chi connectivity index (χ0) is 17.6. The number of nitrogens with one attached hydrogen (secondary N) is 1. The SMILES string of the molecule is CCN1CCN(c2ncc(C(=O)Nc3ccccc3C#N)cn2)CC1. The third-order valence-corrected chi connectivity index (χ3v) is 4.30. The van der Waals surface area contributed by atoms with Gasteiger partial charge >= 0.3 is 0 Å². The van der Waals surface area contributed by atoms with Gasteiger partial charge in [-0.2, -0.15) is 5.26 Å². The number of rotatable bonds is 4. The topological polar surface area (TPSA) is 85.1 Å². The van der Waals surface area contributed by atoms with Crippen molar-refractivity contribution in [2.75, 3.05) is 42.9 Å². The molecule has 2 aromatic rings. The largest absolute Gasteiger partial charge is 0.338 e. The molecule has 128 valence electrons. The number of nitriles is 1. The van der Waals surface area contributed by atoms with Crippen LogP contribution in [0.5, 0.6) is 0 Å². The van der Waals surface area contributed by atoms with Gasteiger partial charge in [0.2, 0.25) is 5.95 Å². The number of anilines is 2. The smallest absolute Gasteiger partial charge is 0.258 e. The van der Waals surface area contributed by atoms with Crippen molar-refractivity contribution in [3.63, 3.8) is 0 Å². The molecule has 0 aliphatic carbocycles. The Bertz CT molecular complexity index is 775. The van der Waals surface area contributed by atoms with E-state index in [9.17, 15) is 4.79 Å². The zero-order valence-electron chi connectivity index (χ0n) is 14.1. The molecule has 1 aliphatic rings. The van der Waals surface area contributed by atoms with Gasteiger partial charge in [0.15, 0.2) is 0 Å². The average Bonchev–Trinajstić information content (AvgIpc) is 2.68. The van der Waals surface area contributed by atoms with Gasteiger partial charge in [0.05, 0.1) is 16.8 Å². The zero-order valence-corrected chi connectivity index (χ0v) is 14.1. The molecular weight excluding hydrogens is 316 g/mol. The minimum Gasteiger partial charge on any atom is -0.338 e. The van der Waals surface area contributed by atoms with Crippen LogP contribution in [-0.2, 0) is 0 Å². The summed E-state index contributed by atoms with van der Waals surface area (Å²) in [5, 5.41) is 11.8. The van der Waals surface area contributed by atoms with Crippen LogP contribution in [0.3, 0.4) is 0 Å². The minimum absolute atomic E-state index is 0.329. The van der Waals surface area contributed by atoms with Crippen LogP contribution in [0.2, 0.25) is 0 Å². The number of likely N-dealkylation sites (N-methyl/N-ethyl adjacent to an activating group) is 1. The fourth-order valence-corrected chi connectivity index (χ4v) is 2.75. The fourth-order valence-electron chi connectivity index (χ4n) is 2.75. The van der Waals surface area contributed by atoms with Crippen molar-refractivity contribution in [1.29, 1.82) is 5.26 Å². The molecule has 0 spiro atoms. The van der Waals surface area contributed by atoms with Crippen LogP contribution in [0.25, 0.3) is 0 Å². The van der Waals surface area contributed by atoms with Crippen molar-refractivity contribution in [1.82, 2.24) is 14.9 Å². The van der Waals surface area contributed by atoms with Gasteiger partial charge in [0.1, 0.15) is 6.07 Å². The Morgan fingerprint density at radius 2 is 1.88 bits per heavy atom. The molecule has 1 N–H and O–H groups in total. The van der Waals surface area contributed by atoms with E-state index in [2.05, 4.69) is 38.1 Å². The number of benzene rings is 1. The first-order chi connectivity index (χ1) is 12.2. The second-order valence-electron chi connectivity index (χ2n) is 5.80. The van der Waals surface area contributed by atoms with Crippen LogP contribution in [0, 0.1) is 11.3 Å². The lowest BCUT2D eigenvalue weighted by Gasteiger charge is -2.33. The van der Waals surface area contributed by atoms with E-state index in [1.54, 1.807) is 24.3 Å². The van der Waals surface area contributed by atoms with Crippen LogP contribution in [-0.4, -0.2) is 53.5 Å². The quantitative estimate of drug-likeness (QED) is 0.915. The molecule has 0 radical (unpaired) electrons. The highest BCUT2D eigenvalue weighted by molar-refractivity contribution is 6.04. The highest BCUT2D eigenvalue weighted by Gasteiger charge is 2.18. The van der Waals surface area contributed by atoms with Gasteiger partial charge in [-0.25, -0.2) is 9.97 Å². The highest BCUT2D eigenvalue weighted by Crippen LogP contribution is 2.15. The molecule has 1 amide bonds. The van der Waals surface area contributed by atoms with Crippen LogP contribution in [0.15, 0.2) is 36.7 Å². The summed E-state index contributed by atoms with van der Waals surface area (Å²) in [4.78, 5) is 25.5. The maximum absolute atomic E-state index is 12.3. The van der Waals surface area contributed by atoms with Crippen molar-refractivity contribution >= 4 is 17.5 Å². The molecule has 7 nitrogen and oxygen atoms in total. The normalized spacial score (nSPS) is 14.8.